The van der Waals surface area contributed by atoms with Crippen LogP contribution in [0.3, 0.4) is 0 Å². The lowest BCUT2D eigenvalue weighted by Crippen LogP contribution is -2.46. The monoisotopic (exact) mass is 683 g/mol. The van der Waals surface area contributed by atoms with E-state index in [0.29, 0.717) is 33.9 Å². The van der Waals surface area contributed by atoms with E-state index in [1.165, 1.54) is 24.5 Å². The summed E-state index contributed by atoms with van der Waals surface area (Å²) >= 11 is 1.38. The zero-order chi connectivity index (χ0) is 34.7. The van der Waals surface area contributed by atoms with Gasteiger partial charge in [0.1, 0.15) is 34.6 Å². The van der Waals surface area contributed by atoms with Crippen molar-refractivity contribution in [3.8, 4) is 39.5 Å². The minimum absolute atomic E-state index is 0. The molecule has 0 unspecified atom stereocenters. The molecule has 252 valence electrons. The average molecular weight is 684 g/mol. The van der Waals surface area contributed by atoms with Gasteiger partial charge in [0.25, 0.3) is 5.91 Å². The molecule has 13 heteroatoms. The number of benzene rings is 2. The molecule has 4 aromatic heterocycles. The highest BCUT2D eigenvalue weighted by molar-refractivity contribution is 7.18. The number of carbonyl (C=O) groups excluding carboxylic acids is 2. The molecule has 10 nitrogen and oxygen atoms in total. The van der Waals surface area contributed by atoms with Gasteiger partial charge < -0.3 is 19.5 Å². The zero-order valence-electron chi connectivity index (χ0n) is 27.5. The molecule has 0 fully saturated rings. The number of fused-ring (bicyclic) bond motifs is 3. The van der Waals surface area contributed by atoms with Crippen molar-refractivity contribution < 1.29 is 24.5 Å². The fourth-order valence-corrected chi connectivity index (χ4v) is 7.61. The quantitative estimate of drug-likeness (QED) is 0.185. The summed E-state index contributed by atoms with van der Waals surface area (Å²) < 4.78 is 41.2. The molecular weight excluding hydrogens is 649 g/mol. The molecule has 0 radical (unpaired) electrons. The van der Waals surface area contributed by atoms with Crippen LogP contribution in [-0.2, 0) is 23.2 Å². The van der Waals surface area contributed by atoms with Gasteiger partial charge in [0.2, 0.25) is 5.91 Å². The summed E-state index contributed by atoms with van der Waals surface area (Å²) in [6.45, 7) is 9.45. The van der Waals surface area contributed by atoms with Crippen molar-refractivity contribution in [2.24, 2.45) is 7.05 Å². The Hall–Kier alpha value is -5.43. The number of aryl methyl sites for hydroxylation is 2. The number of carbonyl (C=O) groups is 2. The second kappa shape index (κ2) is 12.2. The Morgan fingerprint density at radius 3 is 2.67 bits per heavy atom. The van der Waals surface area contributed by atoms with Gasteiger partial charge >= 0.3 is 0 Å². The summed E-state index contributed by atoms with van der Waals surface area (Å²) in [6.07, 6.45) is 1.30. The number of halogens is 2. The maximum atomic E-state index is 16.2. The van der Waals surface area contributed by atoms with Gasteiger partial charge in [-0.1, -0.05) is 12.6 Å². The maximum absolute atomic E-state index is 16.2. The smallest absolute Gasteiger partial charge is 0.257 e. The van der Waals surface area contributed by atoms with Crippen LogP contribution in [0, 0.1) is 18.6 Å². The first-order valence-electron chi connectivity index (χ1n) is 15.7. The number of nitrogens with zero attached hydrogens (tertiary/aromatic N) is 6. The molecule has 0 bridgehead atoms. The Balaban J connectivity index is 0.00000432. The number of aromatic nitrogens is 5. The average Bonchev–Trinajstić information content (AvgIpc) is 3.80. The summed E-state index contributed by atoms with van der Waals surface area (Å²) in [5.74, 6) is -1.67. The third-order valence-electron chi connectivity index (χ3n) is 9.13. The molecule has 1 aliphatic rings. The molecule has 0 aliphatic carbocycles. The molecule has 2 amide bonds. The number of pyridine rings is 1. The van der Waals surface area contributed by atoms with Crippen molar-refractivity contribution in [3.05, 3.63) is 83.7 Å². The van der Waals surface area contributed by atoms with Gasteiger partial charge in [-0.25, -0.2) is 18.7 Å². The number of amides is 2. The second-order valence-corrected chi connectivity index (χ2v) is 13.0. The normalized spacial score (nSPS) is 15.9. The standard InChI is InChI=1S/C36H33F2N7O3S.H2/c1-7-31(47)45-18(2)16-44-28(19(45)3)15-26(42-44)35-33(32-24(38)13-22(37)14-29(32)48-17-30(46)39-5)36-23(10-11-49-36)34(41-35)21-8-9-27-25(12-21)40-20(4)43(27)6;/h7-15,18-19H,1,16-17H2,2-6H3,(H,39,46);1H/t18-,19+;/m0./s1. The van der Waals surface area contributed by atoms with Gasteiger partial charge in [-0.2, -0.15) is 5.10 Å². The molecule has 1 aliphatic heterocycles. The lowest BCUT2D eigenvalue weighted by atomic mass is 9.96. The zero-order valence-corrected chi connectivity index (χ0v) is 28.4. The van der Waals surface area contributed by atoms with E-state index in [2.05, 4.69) is 11.9 Å². The Labute approximate surface area is 286 Å². The summed E-state index contributed by atoms with van der Waals surface area (Å²) in [5.41, 5.74) is 5.04. The third kappa shape index (κ3) is 5.34. The van der Waals surface area contributed by atoms with E-state index >= 15 is 4.39 Å². The topological polar surface area (TPSA) is 107 Å². The molecule has 0 spiro atoms. The van der Waals surface area contributed by atoms with Gasteiger partial charge in [0.15, 0.2) is 6.61 Å². The molecule has 2 aromatic carbocycles. The van der Waals surface area contributed by atoms with Crippen molar-refractivity contribution in [1.82, 2.24) is 34.5 Å². The number of likely N-dealkylation sites (N-methyl/N-ethyl adjacent to an activating group) is 1. The van der Waals surface area contributed by atoms with E-state index in [4.69, 9.17) is 19.8 Å². The number of hydrogen-bond acceptors (Lipinski definition) is 7. The maximum Gasteiger partial charge on any atom is 0.257 e. The summed E-state index contributed by atoms with van der Waals surface area (Å²) in [6, 6.07) is 11.1. The van der Waals surface area contributed by atoms with E-state index in [0.717, 1.165) is 45.6 Å². The largest absolute Gasteiger partial charge is 0.483 e. The minimum Gasteiger partial charge on any atom is -0.483 e. The summed E-state index contributed by atoms with van der Waals surface area (Å²) in [4.78, 5) is 36.7. The number of hydrogen-bond donors (Lipinski definition) is 1. The summed E-state index contributed by atoms with van der Waals surface area (Å²) in [7, 11) is 3.41. The van der Waals surface area contributed by atoms with E-state index in [9.17, 15) is 14.0 Å². The van der Waals surface area contributed by atoms with Crippen LogP contribution in [0.4, 0.5) is 8.78 Å². The van der Waals surface area contributed by atoms with E-state index in [-0.39, 0.29) is 30.7 Å². The van der Waals surface area contributed by atoms with Crippen LogP contribution < -0.4 is 10.1 Å². The SMILES string of the molecule is C=CC(=O)N1[C@H](C)c2cc(-c3nc(-c4ccc5c(c4)nc(C)n5C)c4ccsc4c3-c3c(F)cc(F)cc3OCC(=O)NC)nn2C[C@@H]1C.[HH]. The Bertz CT molecular complexity index is 2330. The highest BCUT2D eigenvalue weighted by Crippen LogP contribution is 2.47. The van der Waals surface area contributed by atoms with E-state index in [1.54, 1.807) is 4.90 Å². The minimum atomic E-state index is -0.878. The number of ether oxygens (including phenoxy) is 1. The van der Waals surface area contributed by atoms with E-state index < -0.39 is 24.1 Å². The number of nitrogens with one attached hydrogen (secondary N) is 1. The lowest BCUT2D eigenvalue weighted by molar-refractivity contribution is -0.132. The van der Waals surface area contributed by atoms with Gasteiger partial charge in [-0.05, 0) is 56.5 Å². The molecule has 0 saturated heterocycles. The van der Waals surface area contributed by atoms with Crippen LogP contribution in [0.25, 0.3) is 54.9 Å². The molecule has 49 heavy (non-hydrogen) atoms. The number of rotatable bonds is 7. The van der Waals surface area contributed by atoms with Gasteiger partial charge in [-0.3, -0.25) is 14.3 Å². The fourth-order valence-electron chi connectivity index (χ4n) is 6.66. The van der Waals surface area contributed by atoms with E-state index in [1.807, 2.05) is 72.8 Å². The van der Waals surface area contributed by atoms with Crippen molar-refractivity contribution in [2.75, 3.05) is 13.7 Å². The van der Waals surface area contributed by atoms with Crippen LogP contribution in [0.1, 0.15) is 32.8 Å². The highest BCUT2D eigenvalue weighted by atomic mass is 32.1. The van der Waals surface area contributed by atoms with Crippen molar-refractivity contribution in [1.29, 1.82) is 0 Å². The van der Waals surface area contributed by atoms with Crippen molar-refractivity contribution >= 4 is 44.3 Å². The number of thiophene rings is 1. The van der Waals surface area contributed by atoms with Crippen LogP contribution in [0.2, 0.25) is 0 Å². The predicted molar refractivity (Wildman–Crippen MR) is 187 cm³/mol. The summed E-state index contributed by atoms with van der Waals surface area (Å²) in [5, 5.41) is 10.1. The Morgan fingerprint density at radius 1 is 1.12 bits per heavy atom. The molecule has 6 aromatic rings. The third-order valence-corrected chi connectivity index (χ3v) is 10.1. The second-order valence-electron chi connectivity index (χ2n) is 12.1. The highest BCUT2D eigenvalue weighted by Gasteiger charge is 2.34. The van der Waals surface area contributed by atoms with Crippen LogP contribution in [0.15, 0.2) is 60.5 Å². The predicted octanol–water partition coefficient (Wildman–Crippen LogP) is 6.82. The fraction of sp³-hybridized carbons (Fsp3) is 0.250. The first kappa shape index (κ1) is 32.1. The van der Waals surface area contributed by atoms with Crippen LogP contribution in [-0.4, -0.2) is 60.7 Å². The number of imidazole rings is 1. The first-order chi connectivity index (χ1) is 23.5. The molecular formula is C36H35F2N7O3S. The van der Waals surface area contributed by atoms with Gasteiger partial charge in [-0.15, -0.1) is 11.3 Å². The Kier molecular flexibility index (Phi) is 8.02. The van der Waals surface area contributed by atoms with Crippen LogP contribution in [0.5, 0.6) is 5.75 Å². The van der Waals surface area contributed by atoms with Crippen LogP contribution >= 0.6 is 11.3 Å². The lowest BCUT2D eigenvalue weighted by Gasteiger charge is -2.38. The molecule has 7 rings (SSSR count). The first-order valence-corrected chi connectivity index (χ1v) is 16.6. The molecule has 1 N–H and O–H groups in total. The Morgan fingerprint density at radius 2 is 1.92 bits per heavy atom. The molecule has 0 saturated carbocycles. The molecule has 5 heterocycles. The van der Waals surface area contributed by atoms with Crippen molar-refractivity contribution in [2.45, 2.75) is 39.4 Å². The van der Waals surface area contributed by atoms with Crippen molar-refractivity contribution in [3.63, 3.8) is 0 Å². The molecule has 2 atom stereocenters. The van der Waals surface area contributed by atoms with Gasteiger partial charge in [0.05, 0.1) is 40.6 Å². The van der Waals surface area contributed by atoms with Gasteiger partial charge in [0, 0.05) is 54.9 Å².